The first-order valence-corrected chi connectivity index (χ1v) is 4.31. The number of hydrogen-bond acceptors (Lipinski definition) is 3. The average Bonchev–Trinajstić information content (AvgIpc) is 2.08. The predicted molar refractivity (Wildman–Crippen MR) is 49.3 cm³/mol. The van der Waals surface area contributed by atoms with Gasteiger partial charge in [-0.25, -0.2) is 4.39 Å². The van der Waals surface area contributed by atoms with Crippen LogP contribution in [-0.4, -0.2) is 22.3 Å². The lowest BCUT2D eigenvalue weighted by molar-refractivity contribution is 0.200. The van der Waals surface area contributed by atoms with Crippen molar-refractivity contribution in [1.29, 1.82) is 0 Å². The summed E-state index contributed by atoms with van der Waals surface area (Å²) in [6, 6.07) is 2.11. The lowest BCUT2D eigenvalue weighted by Crippen LogP contribution is -2.23. The van der Waals surface area contributed by atoms with E-state index in [1.54, 1.807) is 0 Å². The normalized spacial score (nSPS) is 12.7. The van der Waals surface area contributed by atoms with E-state index in [0.717, 1.165) is 6.07 Å². The molecule has 0 saturated carbocycles. The van der Waals surface area contributed by atoms with E-state index < -0.39 is 18.9 Å². The highest BCUT2D eigenvalue weighted by molar-refractivity contribution is 9.10. The van der Waals surface area contributed by atoms with Gasteiger partial charge in [-0.15, -0.1) is 0 Å². The molecule has 1 aromatic carbocycles. The summed E-state index contributed by atoms with van der Waals surface area (Å²) in [6.45, 7) is 0. The van der Waals surface area contributed by atoms with Crippen molar-refractivity contribution in [2.45, 2.75) is 6.00 Å². The molecule has 13 heavy (non-hydrogen) atoms. The van der Waals surface area contributed by atoms with Crippen molar-refractivity contribution >= 4 is 23.0 Å². The second-order valence-corrected chi connectivity index (χ2v) is 3.38. The van der Waals surface area contributed by atoms with Gasteiger partial charge in [0.2, 0.25) is 0 Å². The fraction of sp³-hybridized carbons (Fsp3) is 0.143. The monoisotopic (exact) mass is 248 g/mol. The Labute approximate surface area is 83.1 Å². The molecule has 0 radical (unpaired) electrons. The molecule has 6 heteroatoms. The zero-order valence-electron chi connectivity index (χ0n) is 6.48. The Morgan fingerprint density at radius 2 is 2.00 bits per heavy atom. The summed E-state index contributed by atoms with van der Waals surface area (Å²) >= 11 is 3.05. The summed E-state index contributed by atoms with van der Waals surface area (Å²) in [7, 11) is -1.92. The van der Waals surface area contributed by atoms with E-state index in [1.165, 1.54) is 12.1 Å². The number of hydrogen-bond donors (Lipinski definition) is 3. The third kappa shape index (κ3) is 2.51. The van der Waals surface area contributed by atoms with Crippen LogP contribution in [0.5, 0.6) is 0 Å². The molecule has 0 aliphatic rings. The number of rotatable bonds is 2. The van der Waals surface area contributed by atoms with Crippen molar-refractivity contribution in [3.8, 4) is 0 Å². The highest BCUT2D eigenvalue weighted by Crippen LogP contribution is 2.24. The largest absolute Gasteiger partial charge is 0.487 e. The molecular weight excluding hydrogens is 242 g/mol. The van der Waals surface area contributed by atoms with Gasteiger partial charge in [-0.2, -0.15) is 0 Å². The van der Waals surface area contributed by atoms with Crippen molar-refractivity contribution in [3.05, 3.63) is 34.1 Å². The van der Waals surface area contributed by atoms with E-state index in [9.17, 15) is 9.50 Å². The molecule has 0 bridgehead atoms. The van der Waals surface area contributed by atoms with Crippen molar-refractivity contribution < 1.29 is 19.5 Å². The van der Waals surface area contributed by atoms with Gasteiger partial charge in [0.1, 0.15) is 11.8 Å². The first-order chi connectivity index (χ1) is 6.02. The Hall–Kier alpha value is -0.425. The summed E-state index contributed by atoms with van der Waals surface area (Å²) in [6.07, 6.45) is 0. The lowest BCUT2D eigenvalue weighted by Gasteiger charge is -2.11. The molecule has 1 aromatic rings. The Morgan fingerprint density at radius 1 is 1.38 bits per heavy atom. The molecule has 0 unspecified atom stereocenters. The Balaban J connectivity index is 3.05. The minimum Gasteiger partial charge on any atom is -0.425 e. The number of benzene rings is 1. The second kappa shape index (κ2) is 4.19. The average molecular weight is 249 g/mol. The van der Waals surface area contributed by atoms with Crippen LogP contribution in [0.3, 0.4) is 0 Å². The molecular formula is C7H7BBrFO3. The molecule has 0 amide bonds. The van der Waals surface area contributed by atoms with Gasteiger partial charge in [0.25, 0.3) is 0 Å². The number of aliphatic hydroxyl groups excluding tert-OH is 1. The quantitative estimate of drug-likeness (QED) is 0.673. The van der Waals surface area contributed by atoms with Gasteiger partial charge in [0.05, 0.1) is 0 Å². The van der Waals surface area contributed by atoms with Crippen LogP contribution in [0, 0.1) is 5.82 Å². The predicted octanol–water partition coefficient (Wildman–Crippen LogP) is 0.634. The molecule has 0 aromatic heterocycles. The Kier molecular flexibility index (Phi) is 3.43. The van der Waals surface area contributed by atoms with E-state index in [4.69, 9.17) is 10.0 Å². The minimum absolute atomic E-state index is 0.106. The van der Waals surface area contributed by atoms with Crippen LogP contribution in [0.4, 0.5) is 4.39 Å². The van der Waals surface area contributed by atoms with Crippen LogP contribution in [0.1, 0.15) is 11.6 Å². The molecule has 0 saturated heterocycles. The van der Waals surface area contributed by atoms with Crippen molar-refractivity contribution in [3.63, 3.8) is 0 Å². The van der Waals surface area contributed by atoms with Crippen LogP contribution in [-0.2, 0) is 0 Å². The first-order valence-electron chi connectivity index (χ1n) is 3.51. The topological polar surface area (TPSA) is 60.7 Å². The van der Waals surface area contributed by atoms with E-state index >= 15 is 0 Å². The molecule has 0 aliphatic carbocycles. The molecule has 0 heterocycles. The van der Waals surface area contributed by atoms with Crippen molar-refractivity contribution in [2.24, 2.45) is 0 Å². The maximum absolute atomic E-state index is 12.7. The SMILES string of the molecule is OB(O)[C@@H](O)c1cc(F)ccc1Br. The molecule has 1 atom stereocenters. The number of aliphatic hydroxyl groups is 1. The molecule has 0 spiro atoms. The van der Waals surface area contributed by atoms with Crippen molar-refractivity contribution in [1.82, 2.24) is 0 Å². The molecule has 1 rings (SSSR count). The second-order valence-electron chi connectivity index (χ2n) is 2.52. The minimum atomic E-state index is -1.92. The van der Waals surface area contributed by atoms with Crippen LogP contribution >= 0.6 is 15.9 Å². The van der Waals surface area contributed by atoms with Gasteiger partial charge in [0.15, 0.2) is 0 Å². The van der Waals surface area contributed by atoms with Gasteiger partial charge in [-0.3, -0.25) is 0 Å². The summed E-state index contributed by atoms with van der Waals surface area (Å²) in [5.41, 5.74) is 0.106. The van der Waals surface area contributed by atoms with Crippen LogP contribution in [0.15, 0.2) is 22.7 Å². The fourth-order valence-corrected chi connectivity index (χ4v) is 1.38. The summed E-state index contributed by atoms with van der Waals surface area (Å²) in [5.74, 6) is -0.544. The van der Waals surface area contributed by atoms with E-state index in [1.807, 2.05) is 0 Å². The zero-order chi connectivity index (χ0) is 10.0. The Bertz CT molecular complexity index is 308. The van der Waals surface area contributed by atoms with E-state index in [-0.39, 0.29) is 5.56 Å². The lowest BCUT2D eigenvalue weighted by atomic mass is 9.78. The zero-order valence-corrected chi connectivity index (χ0v) is 8.07. The summed E-state index contributed by atoms with van der Waals surface area (Å²) < 4.78 is 13.1. The number of halogens is 2. The standard InChI is InChI=1S/C7H7BBrFO3/c9-6-2-1-4(10)3-5(6)7(11)8(12)13/h1-3,7,11-13H/t7-/m0/s1. The third-order valence-corrected chi connectivity index (χ3v) is 2.28. The molecule has 3 N–H and O–H groups in total. The van der Waals surface area contributed by atoms with Crippen molar-refractivity contribution in [2.75, 3.05) is 0 Å². The maximum atomic E-state index is 12.7. The van der Waals surface area contributed by atoms with Gasteiger partial charge in [-0.05, 0) is 23.8 Å². The molecule has 0 aliphatic heterocycles. The molecule has 0 fully saturated rings. The van der Waals surface area contributed by atoms with Gasteiger partial charge in [0, 0.05) is 4.47 Å². The molecule has 70 valence electrons. The smallest absolute Gasteiger partial charge is 0.425 e. The van der Waals surface area contributed by atoms with E-state index in [2.05, 4.69) is 15.9 Å². The van der Waals surface area contributed by atoms with Crippen LogP contribution < -0.4 is 0 Å². The highest BCUT2D eigenvalue weighted by Gasteiger charge is 2.24. The molecule has 3 nitrogen and oxygen atoms in total. The fourth-order valence-electron chi connectivity index (χ4n) is 0.902. The van der Waals surface area contributed by atoms with E-state index in [0.29, 0.717) is 4.47 Å². The summed E-state index contributed by atoms with van der Waals surface area (Å²) in [5, 5.41) is 26.5. The third-order valence-electron chi connectivity index (χ3n) is 1.56. The highest BCUT2D eigenvalue weighted by atomic mass is 79.9. The van der Waals surface area contributed by atoms with Gasteiger partial charge in [-0.1, -0.05) is 15.9 Å². The summed E-state index contributed by atoms with van der Waals surface area (Å²) in [4.78, 5) is 0. The maximum Gasteiger partial charge on any atom is 0.487 e. The first kappa shape index (κ1) is 10.7. The van der Waals surface area contributed by atoms with Crippen LogP contribution in [0.2, 0.25) is 0 Å². The van der Waals surface area contributed by atoms with Gasteiger partial charge >= 0.3 is 7.12 Å². The Morgan fingerprint density at radius 3 is 2.54 bits per heavy atom. The van der Waals surface area contributed by atoms with Crippen LogP contribution in [0.25, 0.3) is 0 Å². The van der Waals surface area contributed by atoms with Gasteiger partial charge < -0.3 is 15.2 Å².